The van der Waals surface area contributed by atoms with Gasteiger partial charge in [0.1, 0.15) is 5.69 Å². The number of nitro groups is 1. The van der Waals surface area contributed by atoms with Gasteiger partial charge in [0.25, 0.3) is 5.69 Å². The lowest BCUT2D eigenvalue weighted by molar-refractivity contribution is -0.384. The number of unbranched alkanes of at least 4 members (excludes halogenated alkanes) is 2. The molecule has 0 aliphatic rings. The summed E-state index contributed by atoms with van der Waals surface area (Å²) < 4.78 is 0. The minimum absolute atomic E-state index is 0.0168. The lowest BCUT2D eigenvalue weighted by Gasteiger charge is -2.07. The zero-order valence-corrected chi connectivity index (χ0v) is 11.7. The SMILES string of the molecule is CSCCCCCNc1cc(C#N)ccc1[N+](=O)[O-]. The second-order valence-corrected chi connectivity index (χ2v) is 5.07. The molecule has 0 aromatic heterocycles. The molecule has 0 amide bonds. The highest BCUT2D eigenvalue weighted by molar-refractivity contribution is 7.98. The van der Waals surface area contributed by atoms with Crippen LogP contribution in [0, 0.1) is 21.4 Å². The zero-order chi connectivity index (χ0) is 14.1. The van der Waals surface area contributed by atoms with Crippen LogP contribution in [0.1, 0.15) is 24.8 Å². The molecule has 0 saturated carbocycles. The highest BCUT2D eigenvalue weighted by Gasteiger charge is 2.13. The van der Waals surface area contributed by atoms with Crippen LogP contribution in [0.3, 0.4) is 0 Å². The van der Waals surface area contributed by atoms with Crippen molar-refractivity contribution in [2.75, 3.05) is 23.9 Å². The van der Waals surface area contributed by atoms with Gasteiger partial charge >= 0.3 is 0 Å². The van der Waals surface area contributed by atoms with Crippen LogP contribution in [-0.2, 0) is 0 Å². The smallest absolute Gasteiger partial charge is 0.292 e. The molecule has 0 saturated heterocycles. The molecule has 0 radical (unpaired) electrons. The fraction of sp³-hybridized carbons (Fsp3) is 0.462. The molecule has 102 valence electrons. The van der Waals surface area contributed by atoms with Crippen molar-refractivity contribution in [2.24, 2.45) is 0 Å². The van der Waals surface area contributed by atoms with E-state index in [9.17, 15) is 10.1 Å². The first-order valence-corrected chi connectivity index (χ1v) is 7.49. The predicted octanol–water partition coefficient (Wildman–Crippen LogP) is 3.41. The second kappa shape index (κ2) is 8.38. The Morgan fingerprint density at radius 3 is 2.84 bits per heavy atom. The van der Waals surface area contributed by atoms with Crippen molar-refractivity contribution in [3.8, 4) is 6.07 Å². The number of nitro benzene ring substituents is 1. The minimum Gasteiger partial charge on any atom is -0.379 e. The maximum absolute atomic E-state index is 10.9. The lowest BCUT2D eigenvalue weighted by atomic mass is 10.2. The van der Waals surface area contributed by atoms with Gasteiger partial charge in [-0.2, -0.15) is 17.0 Å². The Morgan fingerprint density at radius 2 is 2.21 bits per heavy atom. The fourth-order valence-electron chi connectivity index (χ4n) is 1.68. The molecular formula is C13H17N3O2S. The maximum Gasteiger partial charge on any atom is 0.292 e. The average Bonchev–Trinajstić information content (AvgIpc) is 2.42. The van der Waals surface area contributed by atoms with Crippen LogP contribution in [0.4, 0.5) is 11.4 Å². The first-order valence-electron chi connectivity index (χ1n) is 6.10. The highest BCUT2D eigenvalue weighted by Crippen LogP contribution is 2.25. The van der Waals surface area contributed by atoms with E-state index in [0.29, 0.717) is 17.8 Å². The third-order valence-corrected chi connectivity index (χ3v) is 3.36. The molecule has 0 aliphatic heterocycles. The number of rotatable bonds is 8. The van der Waals surface area contributed by atoms with Crippen molar-refractivity contribution in [2.45, 2.75) is 19.3 Å². The van der Waals surface area contributed by atoms with Gasteiger partial charge in [0, 0.05) is 12.6 Å². The molecule has 0 fully saturated rings. The topological polar surface area (TPSA) is 79.0 Å². The second-order valence-electron chi connectivity index (χ2n) is 4.08. The van der Waals surface area contributed by atoms with Gasteiger partial charge in [-0.1, -0.05) is 6.42 Å². The molecule has 19 heavy (non-hydrogen) atoms. The van der Waals surface area contributed by atoms with E-state index in [1.54, 1.807) is 0 Å². The molecule has 0 aliphatic carbocycles. The molecule has 1 rings (SSSR count). The van der Waals surface area contributed by atoms with Gasteiger partial charge < -0.3 is 5.32 Å². The van der Waals surface area contributed by atoms with Crippen molar-refractivity contribution < 1.29 is 4.92 Å². The van der Waals surface area contributed by atoms with E-state index in [-0.39, 0.29) is 5.69 Å². The average molecular weight is 279 g/mol. The first kappa shape index (κ1) is 15.3. The van der Waals surface area contributed by atoms with E-state index in [4.69, 9.17) is 5.26 Å². The molecule has 0 unspecified atom stereocenters. The van der Waals surface area contributed by atoms with Crippen molar-refractivity contribution in [3.05, 3.63) is 33.9 Å². The van der Waals surface area contributed by atoms with Crippen molar-refractivity contribution >= 4 is 23.1 Å². The predicted molar refractivity (Wildman–Crippen MR) is 78.5 cm³/mol. The van der Waals surface area contributed by atoms with E-state index < -0.39 is 4.92 Å². The molecule has 1 aromatic carbocycles. The molecule has 1 aromatic rings. The van der Waals surface area contributed by atoms with Crippen LogP contribution in [0.25, 0.3) is 0 Å². The minimum atomic E-state index is -0.433. The number of hydrogen-bond acceptors (Lipinski definition) is 5. The molecule has 1 N–H and O–H groups in total. The Morgan fingerprint density at radius 1 is 1.42 bits per heavy atom. The van der Waals surface area contributed by atoms with Crippen LogP contribution in [0.2, 0.25) is 0 Å². The van der Waals surface area contributed by atoms with Crippen LogP contribution < -0.4 is 5.32 Å². The third-order valence-electron chi connectivity index (χ3n) is 2.66. The normalized spacial score (nSPS) is 9.89. The summed E-state index contributed by atoms with van der Waals surface area (Å²) in [7, 11) is 0. The van der Waals surface area contributed by atoms with Gasteiger partial charge in [0.2, 0.25) is 0 Å². The Hall–Kier alpha value is -1.74. The highest BCUT2D eigenvalue weighted by atomic mass is 32.2. The summed E-state index contributed by atoms with van der Waals surface area (Å²) >= 11 is 1.82. The summed E-state index contributed by atoms with van der Waals surface area (Å²) in [5.74, 6) is 1.14. The van der Waals surface area contributed by atoms with E-state index in [1.807, 2.05) is 17.8 Å². The number of nitrogens with zero attached hydrogens (tertiary/aromatic N) is 2. The molecule has 0 heterocycles. The fourth-order valence-corrected chi connectivity index (χ4v) is 2.17. The number of anilines is 1. The molecule has 6 heteroatoms. The van der Waals surface area contributed by atoms with E-state index in [0.717, 1.165) is 25.0 Å². The summed E-state index contributed by atoms with van der Waals surface area (Å²) in [6.07, 6.45) is 5.30. The van der Waals surface area contributed by atoms with Gasteiger partial charge in [-0.05, 0) is 37.0 Å². The van der Waals surface area contributed by atoms with Crippen LogP contribution in [-0.4, -0.2) is 23.5 Å². The molecule has 0 spiro atoms. The standard InChI is InChI=1S/C13H17N3O2S/c1-19-8-4-2-3-7-15-12-9-11(10-14)5-6-13(12)16(17)18/h5-6,9,15H,2-4,7-8H2,1H3. The summed E-state index contributed by atoms with van der Waals surface area (Å²) in [5, 5.41) is 22.7. The summed E-state index contributed by atoms with van der Waals surface area (Å²) in [5.41, 5.74) is 0.868. The largest absolute Gasteiger partial charge is 0.379 e. The number of nitrogens with one attached hydrogen (secondary N) is 1. The van der Waals surface area contributed by atoms with Crippen LogP contribution in [0.15, 0.2) is 18.2 Å². The number of benzene rings is 1. The van der Waals surface area contributed by atoms with Crippen molar-refractivity contribution in [3.63, 3.8) is 0 Å². The Balaban J connectivity index is 2.56. The maximum atomic E-state index is 10.9. The zero-order valence-electron chi connectivity index (χ0n) is 10.9. The quantitative estimate of drug-likeness (QED) is 0.448. The summed E-state index contributed by atoms with van der Waals surface area (Å²) in [6, 6.07) is 6.34. The van der Waals surface area contributed by atoms with E-state index >= 15 is 0 Å². The van der Waals surface area contributed by atoms with E-state index in [2.05, 4.69) is 11.6 Å². The van der Waals surface area contributed by atoms with Gasteiger partial charge in [-0.3, -0.25) is 10.1 Å². The number of nitriles is 1. The summed E-state index contributed by atoms with van der Waals surface area (Å²) in [4.78, 5) is 10.4. The van der Waals surface area contributed by atoms with Crippen molar-refractivity contribution in [1.82, 2.24) is 0 Å². The van der Waals surface area contributed by atoms with Crippen LogP contribution in [0.5, 0.6) is 0 Å². The van der Waals surface area contributed by atoms with Gasteiger partial charge in [0.05, 0.1) is 16.6 Å². The van der Waals surface area contributed by atoms with Crippen LogP contribution >= 0.6 is 11.8 Å². The van der Waals surface area contributed by atoms with Gasteiger partial charge in [-0.15, -0.1) is 0 Å². The van der Waals surface area contributed by atoms with Gasteiger partial charge in [0.15, 0.2) is 0 Å². The summed E-state index contributed by atoms with van der Waals surface area (Å²) in [6.45, 7) is 0.685. The monoisotopic (exact) mass is 279 g/mol. The van der Waals surface area contributed by atoms with Crippen molar-refractivity contribution in [1.29, 1.82) is 5.26 Å². The third kappa shape index (κ3) is 5.18. The first-order chi connectivity index (χ1) is 9.19. The molecule has 0 atom stereocenters. The van der Waals surface area contributed by atoms with Gasteiger partial charge in [-0.25, -0.2) is 0 Å². The molecular weight excluding hydrogens is 262 g/mol. The lowest BCUT2D eigenvalue weighted by Crippen LogP contribution is -2.04. The Bertz CT molecular complexity index is 471. The number of hydrogen-bond donors (Lipinski definition) is 1. The number of thioether (sulfide) groups is 1. The van der Waals surface area contributed by atoms with E-state index in [1.165, 1.54) is 18.2 Å². The molecule has 5 nitrogen and oxygen atoms in total. The Labute approximate surface area is 117 Å². The Kier molecular flexibility index (Phi) is 6.75. The molecule has 0 bridgehead atoms.